The van der Waals surface area contributed by atoms with E-state index >= 15 is 0 Å². The van der Waals surface area contributed by atoms with Crippen LogP contribution in [-0.2, 0) is 40.1 Å². The maximum Gasteiger partial charge on any atom is 0.0371 e. The van der Waals surface area contributed by atoms with Crippen LogP contribution in [0.3, 0.4) is 0 Å². The van der Waals surface area contributed by atoms with E-state index in [0.29, 0.717) is 4.32 Å². The molecule has 1 nitrogen and oxygen atoms in total. The Labute approximate surface area is 155 Å². The maximum atomic E-state index is 4.85. The molecule has 0 saturated heterocycles. The fourth-order valence-corrected chi connectivity index (χ4v) is 2.57. The average Bonchev–Trinajstić information content (AvgIpc) is 2.43. The number of benzene rings is 1. The van der Waals surface area contributed by atoms with Crippen molar-refractivity contribution in [2.45, 2.75) is 64.7 Å². The molecule has 0 aliphatic rings. The number of hydrogen-bond donors (Lipinski definition) is 1. The molecule has 0 amide bonds. The van der Waals surface area contributed by atoms with Gasteiger partial charge in [0.05, 0.1) is 0 Å². The van der Waals surface area contributed by atoms with Crippen LogP contribution >= 0.6 is 12.2 Å². The van der Waals surface area contributed by atoms with Crippen molar-refractivity contribution in [2.24, 2.45) is 0 Å². The summed E-state index contributed by atoms with van der Waals surface area (Å²) in [4.78, 5) is 0. The molecule has 1 aromatic rings. The summed E-state index contributed by atoms with van der Waals surface area (Å²) in [5.41, 5.74) is 2.39. The zero-order valence-electron chi connectivity index (χ0n) is 12.9. The number of rotatable bonds is 10. The van der Waals surface area contributed by atoms with Gasteiger partial charge in [-0.05, 0) is 30.5 Å². The summed E-state index contributed by atoms with van der Waals surface area (Å²) < 4.78 is 0.404. The molecule has 0 fully saturated rings. The molecule has 0 aliphatic heterocycles. The Morgan fingerprint density at radius 3 is 2.00 bits per heavy atom. The van der Waals surface area contributed by atoms with Gasteiger partial charge in [-0.2, -0.15) is 0 Å². The van der Waals surface area contributed by atoms with E-state index in [-0.39, 0.29) is 21.1 Å². The summed E-state index contributed by atoms with van der Waals surface area (Å²) in [6, 6.07) is 8.44. The molecule has 4 heteroatoms. The first kappa shape index (κ1) is 21.0. The standard InChI is InChI=1S/C17H27NS2.Mo/c1-2-3-4-5-6-7-8-9-10-15-11-13-16(14-12-15)18-17(19)20;/h11-14H,2-10H2,1H3,(H2,18,19,20);/p-1. The minimum absolute atomic E-state index is 0. The van der Waals surface area contributed by atoms with Gasteiger partial charge < -0.3 is 30.2 Å². The minimum Gasteiger partial charge on any atom is -0.411 e. The molecule has 0 aliphatic carbocycles. The van der Waals surface area contributed by atoms with Crippen molar-refractivity contribution < 1.29 is 21.1 Å². The Kier molecular flexibility index (Phi) is 13.7. The number of hydrogen-bond acceptors (Lipinski definition) is 2. The van der Waals surface area contributed by atoms with Gasteiger partial charge in [-0.25, -0.2) is 0 Å². The molecule has 0 bridgehead atoms. The predicted octanol–water partition coefficient (Wildman–Crippen LogP) is 5.61. The van der Waals surface area contributed by atoms with E-state index < -0.39 is 0 Å². The summed E-state index contributed by atoms with van der Waals surface area (Å²) in [7, 11) is 0. The third-order valence-electron chi connectivity index (χ3n) is 3.52. The van der Waals surface area contributed by atoms with Gasteiger partial charge in [0.2, 0.25) is 0 Å². The molecule has 0 aromatic heterocycles. The number of unbranched alkanes of at least 4 members (excludes halogenated alkanes) is 7. The largest absolute Gasteiger partial charge is 0.411 e. The molecule has 21 heavy (non-hydrogen) atoms. The second kappa shape index (κ2) is 13.7. The van der Waals surface area contributed by atoms with Crippen LogP contribution in [0.25, 0.3) is 0 Å². The van der Waals surface area contributed by atoms with Gasteiger partial charge in [-0.1, -0.05) is 68.3 Å². The van der Waals surface area contributed by atoms with Crippen LogP contribution in [0.5, 0.6) is 0 Å². The first-order valence-corrected chi connectivity index (χ1v) is 8.61. The predicted molar refractivity (Wildman–Crippen MR) is 96.3 cm³/mol. The first-order chi connectivity index (χ1) is 9.72. The van der Waals surface area contributed by atoms with Crippen LogP contribution < -0.4 is 5.32 Å². The molecule has 0 spiro atoms. The second-order valence-electron chi connectivity index (χ2n) is 5.33. The number of thiocarbonyl (C=S) groups is 1. The van der Waals surface area contributed by atoms with Gasteiger partial charge in [-0.3, -0.25) is 0 Å². The minimum atomic E-state index is 0. The van der Waals surface area contributed by atoms with Gasteiger partial charge in [0.1, 0.15) is 0 Å². The monoisotopic (exact) mass is 406 g/mol. The third kappa shape index (κ3) is 11.3. The van der Waals surface area contributed by atoms with Gasteiger partial charge in [0.25, 0.3) is 0 Å². The maximum absolute atomic E-state index is 4.85. The van der Waals surface area contributed by atoms with Crippen molar-refractivity contribution in [3.05, 3.63) is 29.8 Å². The normalized spacial score (nSPS) is 9.95. The molecular weight excluding hydrogens is 378 g/mol. The fraction of sp³-hybridized carbons (Fsp3) is 0.588. The average molecular weight is 404 g/mol. The topological polar surface area (TPSA) is 12.0 Å². The van der Waals surface area contributed by atoms with E-state index in [1.165, 1.54) is 63.4 Å². The van der Waals surface area contributed by atoms with Crippen LogP contribution in [0, 0.1) is 0 Å². The van der Waals surface area contributed by atoms with E-state index in [4.69, 9.17) is 24.8 Å². The van der Waals surface area contributed by atoms with E-state index in [0.717, 1.165) is 5.69 Å². The third-order valence-corrected chi connectivity index (χ3v) is 3.72. The number of nitrogens with one attached hydrogen (secondary N) is 1. The van der Waals surface area contributed by atoms with Gasteiger partial charge in [0, 0.05) is 26.8 Å². The van der Waals surface area contributed by atoms with Crippen LogP contribution in [-0.4, -0.2) is 4.32 Å². The van der Waals surface area contributed by atoms with Crippen LogP contribution in [0.2, 0.25) is 0 Å². The second-order valence-corrected chi connectivity index (χ2v) is 6.41. The Bertz CT molecular complexity index is 379. The molecule has 1 N–H and O–H groups in total. The number of aryl methyl sites for hydroxylation is 1. The van der Waals surface area contributed by atoms with Crippen LogP contribution in [0.1, 0.15) is 63.9 Å². The van der Waals surface area contributed by atoms with E-state index in [1.54, 1.807) is 0 Å². The van der Waals surface area contributed by atoms with Crippen LogP contribution in [0.15, 0.2) is 24.3 Å². The Morgan fingerprint density at radius 2 is 1.48 bits per heavy atom. The zero-order chi connectivity index (χ0) is 14.6. The molecule has 0 unspecified atom stereocenters. The zero-order valence-corrected chi connectivity index (χ0v) is 16.5. The SMILES string of the molecule is CCCCCCCCCCc1ccc(NC(=S)[S-])cc1.[Mo]. The smallest absolute Gasteiger partial charge is 0.0371 e. The summed E-state index contributed by atoms with van der Waals surface area (Å²) in [5.74, 6) is 0. The molecular formula is C17H26MoNS2-. The van der Waals surface area contributed by atoms with Gasteiger partial charge >= 0.3 is 0 Å². The fourth-order valence-electron chi connectivity index (χ4n) is 2.34. The van der Waals surface area contributed by atoms with Crippen molar-refractivity contribution in [1.82, 2.24) is 0 Å². The molecule has 1 aromatic carbocycles. The van der Waals surface area contributed by atoms with E-state index in [2.05, 4.69) is 36.5 Å². The van der Waals surface area contributed by atoms with Crippen molar-refractivity contribution in [3.8, 4) is 0 Å². The Hall–Kier alpha value is 0.0183. The molecule has 0 saturated carbocycles. The molecule has 0 heterocycles. The molecule has 1 rings (SSSR count). The summed E-state index contributed by atoms with van der Waals surface area (Å²) in [5, 5.41) is 2.98. The summed E-state index contributed by atoms with van der Waals surface area (Å²) in [6.07, 6.45) is 12.2. The summed E-state index contributed by atoms with van der Waals surface area (Å²) in [6.45, 7) is 2.27. The van der Waals surface area contributed by atoms with Crippen molar-refractivity contribution in [3.63, 3.8) is 0 Å². The molecule has 118 valence electrons. The first-order valence-electron chi connectivity index (χ1n) is 7.79. The van der Waals surface area contributed by atoms with Crippen molar-refractivity contribution >= 4 is 34.9 Å². The summed E-state index contributed by atoms with van der Waals surface area (Å²) >= 11 is 9.70. The van der Waals surface area contributed by atoms with Crippen molar-refractivity contribution in [1.29, 1.82) is 0 Å². The van der Waals surface area contributed by atoms with Gasteiger partial charge in [0.15, 0.2) is 0 Å². The Balaban J connectivity index is 0.00000400. The molecule has 0 radical (unpaired) electrons. The van der Waals surface area contributed by atoms with E-state index in [9.17, 15) is 0 Å². The number of anilines is 1. The Morgan fingerprint density at radius 1 is 0.952 bits per heavy atom. The van der Waals surface area contributed by atoms with Crippen LogP contribution in [0.4, 0.5) is 5.69 Å². The quantitative estimate of drug-likeness (QED) is 0.236. The molecule has 0 atom stereocenters. The van der Waals surface area contributed by atoms with Gasteiger partial charge in [-0.15, -0.1) is 0 Å². The van der Waals surface area contributed by atoms with Crippen molar-refractivity contribution in [2.75, 3.05) is 5.32 Å². The van der Waals surface area contributed by atoms with E-state index in [1.807, 2.05) is 0 Å².